The molecular weight excluding hydrogens is 406 g/mol. The number of carbonyl (C=O) groups excluding carboxylic acids is 2. The van der Waals surface area contributed by atoms with Crippen LogP contribution >= 0.6 is 11.8 Å². The van der Waals surface area contributed by atoms with Crippen LogP contribution in [0.15, 0.2) is 22.7 Å². The van der Waals surface area contributed by atoms with Crippen LogP contribution in [0.2, 0.25) is 0 Å². The number of ether oxygens (including phenoxy) is 3. The standard InChI is InChI=1S/C21H27N3O5S/c1-6-24(7-2)19(26)12-30-21-15(11-22)14(10-18(25)23-21)13-8-16(27-3)20(29-5)17(9-13)28-4/h8-9,14H,6-7,10,12H2,1-5H3,(H,23,25). The van der Waals surface area contributed by atoms with E-state index in [1.165, 1.54) is 33.1 Å². The predicted octanol–water partition coefficient (Wildman–Crippen LogP) is 2.65. The third-order valence-electron chi connectivity index (χ3n) is 4.90. The van der Waals surface area contributed by atoms with Crippen LogP contribution in [0.25, 0.3) is 0 Å². The Morgan fingerprint density at radius 3 is 2.27 bits per heavy atom. The fraction of sp³-hybridized carbons (Fsp3) is 0.476. The van der Waals surface area contributed by atoms with Crippen molar-refractivity contribution in [1.82, 2.24) is 10.2 Å². The first-order valence-corrected chi connectivity index (χ1v) is 10.6. The Hall–Kier alpha value is -2.86. The molecular formula is C21H27N3O5S. The number of nitrogens with zero attached hydrogens (tertiary/aromatic N) is 2. The average molecular weight is 434 g/mol. The number of nitriles is 1. The molecule has 1 N–H and O–H groups in total. The fourth-order valence-electron chi connectivity index (χ4n) is 3.32. The van der Waals surface area contributed by atoms with Crippen LogP contribution in [0, 0.1) is 11.3 Å². The number of rotatable bonds is 9. The second-order valence-corrected chi connectivity index (χ2v) is 7.46. The van der Waals surface area contributed by atoms with Gasteiger partial charge in [0.25, 0.3) is 0 Å². The molecule has 162 valence electrons. The van der Waals surface area contributed by atoms with E-state index in [0.29, 0.717) is 46.5 Å². The van der Waals surface area contributed by atoms with Crippen molar-refractivity contribution >= 4 is 23.6 Å². The molecule has 8 nitrogen and oxygen atoms in total. The molecule has 0 aromatic heterocycles. The van der Waals surface area contributed by atoms with Gasteiger partial charge in [0.15, 0.2) is 11.5 Å². The quantitative estimate of drug-likeness (QED) is 0.639. The summed E-state index contributed by atoms with van der Waals surface area (Å²) in [6, 6.07) is 5.70. The molecule has 1 aliphatic heterocycles. The number of benzene rings is 1. The summed E-state index contributed by atoms with van der Waals surface area (Å²) in [6.45, 7) is 5.05. The third-order valence-corrected chi connectivity index (χ3v) is 5.90. The van der Waals surface area contributed by atoms with Crippen LogP contribution in [-0.4, -0.2) is 56.9 Å². The number of methoxy groups -OCH3 is 3. The monoisotopic (exact) mass is 433 g/mol. The van der Waals surface area contributed by atoms with Gasteiger partial charge in [0.2, 0.25) is 17.6 Å². The van der Waals surface area contributed by atoms with Crippen molar-refractivity contribution in [2.45, 2.75) is 26.2 Å². The van der Waals surface area contributed by atoms with Crippen LogP contribution in [0.4, 0.5) is 0 Å². The smallest absolute Gasteiger partial charge is 0.232 e. The lowest BCUT2D eigenvalue weighted by Gasteiger charge is -2.26. The van der Waals surface area contributed by atoms with E-state index in [9.17, 15) is 14.9 Å². The molecule has 2 amide bonds. The van der Waals surface area contributed by atoms with Crippen molar-refractivity contribution in [3.63, 3.8) is 0 Å². The molecule has 0 saturated heterocycles. The van der Waals surface area contributed by atoms with E-state index in [1.54, 1.807) is 17.0 Å². The first-order valence-electron chi connectivity index (χ1n) is 9.58. The summed E-state index contributed by atoms with van der Waals surface area (Å²) in [5.74, 6) is 0.728. The molecule has 1 unspecified atom stereocenters. The zero-order valence-electron chi connectivity index (χ0n) is 17.9. The molecule has 0 spiro atoms. The van der Waals surface area contributed by atoms with Gasteiger partial charge in [-0.3, -0.25) is 9.59 Å². The highest BCUT2D eigenvalue weighted by Gasteiger charge is 2.31. The van der Waals surface area contributed by atoms with Crippen LogP contribution in [-0.2, 0) is 9.59 Å². The Kier molecular flexibility index (Phi) is 8.42. The van der Waals surface area contributed by atoms with Crippen LogP contribution in [0.3, 0.4) is 0 Å². The summed E-state index contributed by atoms with van der Waals surface area (Å²) in [6.07, 6.45) is 0.107. The molecule has 0 saturated carbocycles. The van der Waals surface area contributed by atoms with Crippen LogP contribution in [0.1, 0.15) is 31.7 Å². The number of allylic oxidation sites excluding steroid dienone is 1. The van der Waals surface area contributed by atoms with Gasteiger partial charge in [-0.05, 0) is 31.5 Å². The Balaban J connectivity index is 2.42. The summed E-state index contributed by atoms with van der Waals surface area (Å²) in [5.41, 5.74) is 1.10. The minimum absolute atomic E-state index is 0.0426. The molecule has 1 heterocycles. The molecule has 0 bridgehead atoms. The molecule has 30 heavy (non-hydrogen) atoms. The van der Waals surface area contributed by atoms with Gasteiger partial charge < -0.3 is 24.4 Å². The van der Waals surface area contributed by atoms with E-state index in [-0.39, 0.29) is 24.0 Å². The number of carbonyl (C=O) groups is 2. The Labute approximate surface area is 181 Å². The normalized spacial score (nSPS) is 15.9. The fourth-order valence-corrected chi connectivity index (χ4v) is 4.30. The molecule has 2 rings (SSSR count). The van der Waals surface area contributed by atoms with Crippen molar-refractivity contribution in [2.24, 2.45) is 0 Å². The van der Waals surface area contributed by atoms with Gasteiger partial charge in [0.05, 0.1) is 43.8 Å². The zero-order chi connectivity index (χ0) is 22.3. The highest BCUT2D eigenvalue weighted by molar-refractivity contribution is 8.03. The van der Waals surface area contributed by atoms with Crippen molar-refractivity contribution < 1.29 is 23.8 Å². The highest BCUT2D eigenvalue weighted by atomic mass is 32.2. The van der Waals surface area contributed by atoms with E-state index in [0.717, 1.165) is 0 Å². The van der Waals surface area contributed by atoms with E-state index in [2.05, 4.69) is 11.4 Å². The molecule has 1 aliphatic rings. The van der Waals surface area contributed by atoms with Gasteiger partial charge >= 0.3 is 0 Å². The number of thioether (sulfide) groups is 1. The molecule has 1 atom stereocenters. The van der Waals surface area contributed by atoms with E-state index in [4.69, 9.17) is 14.2 Å². The van der Waals surface area contributed by atoms with Crippen molar-refractivity contribution in [3.8, 4) is 23.3 Å². The SMILES string of the molecule is CCN(CC)C(=O)CSC1=C(C#N)C(c2cc(OC)c(OC)c(OC)c2)CC(=O)N1. The number of amides is 2. The van der Waals surface area contributed by atoms with Gasteiger partial charge in [-0.25, -0.2) is 0 Å². The summed E-state index contributed by atoms with van der Waals surface area (Å²) >= 11 is 1.17. The number of hydrogen-bond donors (Lipinski definition) is 1. The summed E-state index contributed by atoms with van der Waals surface area (Å²) in [5, 5.41) is 13.0. The maximum Gasteiger partial charge on any atom is 0.232 e. The predicted molar refractivity (Wildman–Crippen MR) is 115 cm³/mol. The van der Waals surface area contributed by atoms with Crippen molar-refractivity contribution in [3.05, 3.63) is 28.3 Å². The van der Waals surface area contributed by atoms with Crippen LogP contribution < -0.4 is 19.5 Å². The van der Waals surface area contributed by atoms with Gasteiger partial charge in [0, 0.05) is 25.4 Å². The number of nitrogens with one attached hydrogen (secondary N) is 1. The lowest BCUT2D eigenvalue weighted by atomic mass is 9.86. The van der Waals surface area contributed by atoms with Gasteiger partial charge in [-0.15, -0.1) is 0 Å². The van der Waals surface area contributed by atoms with E-state index >= 15 is 0 Å². The Bertz CT molecular complexity index is 849. The minimum atomic E-state index is -0.483. The summed E-state index contributed by atoms with van der Waals surface area (Å²) < 4.78 is 16.2. The molecule has 0 radical (unpaired) electrons. The molecule has 0 aliphatic carbocycles. The van der Waals surface area contributed by atoms with Gasteiger partial charge in [-0.1, -0.05) is 11.8 Å². The van der Waals surface area contributed by atoms with Gasteiger partial charge in [0.1, 0.15) is 0 Å². The Morgan fingerprint density at radius 2 is 1.80 bits per heavy atom. The molecule has 0 fully saturated rings. The topological polar surface area (TPSA) is 101 Å². The minimum Gasteiger partial charge on any atom is -0.493 e. The third kappa shape index (κ3) is 5.00. The zero-order valence-corrected chi connectivity index (χ0v) is 18.7. The molecule has 1 aromatic carbocycles. The van der Waals surface area contributed by atoms with Crippen LogP contribution in [0.5, 0.6) is 17.2 Å². The molecule has 1 aromatic rings. The first-order chi connectivity index (χ1) is 14.4. The Morgan fingerprint density at radius 1 is 1.20 bits per heavy atom. The second kappa shape index (κ2) is 10.8. The first kappa shape index (κ1) is 23.4. The van der Waals surface area contributed by atoms with Crippen molar-refractivity contribution in [1.29, 1.82) is 5.26 Å². The largest absolute Gasteiger partial charge is 0.493 e. The number of hydrogen-bond acceptors (Lipinski definition) is 7. The van der Waals surface area contributed by atoms with E-state index < -0.39 is 5.92 Å². The van der Waals surface area contributed by atoms with E-state index in [1.807, 2.05) is 13.8 Å². The second-order valence-electron chi connectivity index (χ2n) is 6.47. The lowest BCUT2D eigenvalue weighted by Crippen LogP contribution is -2.34. The van der Waals surface area contributed by atoms with Gasteiger partial charge in [-0.2, -0.15) is 5.26 Å². The van der Waals surface area contributed by atoms with Crippen molar-refractivity contribution in [2.75, 3.05) is 40.2 Å². The average Bonchev–Trinajstić information content (AvgIpc) is 2.76. The summed E-state index contributed by atoms with van der Waals surface area (Å²) in [4.78, 5) is 26.5. The maximum atomic E-state index is 12.4. The highest BCUT2D eigenvalue weighted by Crippen LogP contribution is 2.44. The molecule has 9 heteroatoms. The lowest BCUT2D eigenvalue weighted by molar-refractivity contribution is -0.128. The maximum absolute atomic E-state index is 12.4. The summed E-state index contributed by atoms with van der Waals surface area (Å²) in [7, 11) is 4.53.